The third kappa shape index (κ3) is 3.46. The van der Waals surface area contributed by atoms with Crippen LogP contribution in [-0.4, -0.2) is 6.54 Å². The number of benzene rings is 2. The normalized spacial score (nSPS) is 10.6. The first-order valence-corrected chi connectivity index (χ1v) is 6.60. The van der Waals surface area contributed by atoms with Gasteiger partial charge in [-0.3, -0.25) is 0 Å². The van der Waals surface area contributed by atoms with Gasteiger partial charge in [0, 0.05) is 6.54 Å². The highest BCUT2D eigenvalue weighted by Crippen LogP contribution is 2.32. The van der Waals surface area contributed by atoms with E-state index in [1.807, 2.05) is 13.0 Å². The molecule has 0 radical (unpaired) electrons. The maximum absolute atomic E-state index is 13.5. The summed E-state index contributed by atoms with van der Waals surface area (Å²) < 4.78 is 31.9. The Morgan fingerprint density at radius 3 is 2.65 bits per heavy atom. The largest absolute Gasteiger partial charge is 0.453 e. The molecule has 2 aromatic carbocycles. The maximum atomic E-state index is 13.5. The maximum Gasteiger partial charge on any atom is 0.201 e. The Kier molecular flexibility index (Phi) is 4.93. The molecule has 0 atom stereocenters. The van der Waals surface area contributed by atoms with Crippen LogP contribution in [0.3, 0.4) is 0 Å². The average molecular weight is 298 g/mol. The number of halogens is 3. The van der Waals surface area contributed by atoms with Crippen molar-refractivity contribution < 1.29 is 13.5 Å². The van der Waals surface area contributed by atoms with Crippen molar-refractivity contribution in [2.45, 2.75) is 13.5 Å². The lowest BCUT2D eigenvalue weighted by Crippen LogP contribution is -2.11. The zero-order valence-corrected chi connectivity index (χ0v) is 11.7. The van der Waals surface area contributed by atoms with E-state index < -0.39 is 11.6 Å². The van der Waals surface area contributed by atoms with E-state index >= 15 is 0 Å². The molecule has 0 bridgehead atoms. The molecule has 0 amide bonds. The summed E-state index contributed by atoms with van der Waals surface area (Å²) in [6.07, 6.45) is 0. The van der Waals surface area contributed by atoms with Gasteiger partial charge in [-0.25, -0.2) is 4.39 Å². The first-order valence-electron chi connectivity index (χ1n) is 6.23. The highest BCUT2D eigenvalue weighted by Gasteiger charge is 2.11. The SMILES string of the molecule is CCNCc1ccc(Oc2cccc(F)c2F)c(Cl)c1. The number of ether oxygens (including phenoxy) is 1. The molecular formula is C15H14ClF2NO. The zero-order chi connectivity index (χ0) is 14.5. The van der Waals surface area contributed by atoms with Crippen molar-refractivity contribution in [2.24, 2.45) is 0 Å². The minimum absolute atomic E-state index is 0.189. The van der Waals surface area contributed by atoms with E-state index in [1.165, 1.54) is 12.1 Å². The van der Waals surface area contributed by atoms with Gasteiger partial charge >= 0.3 is 0 Å². The average Bonchev–Trinajstić information content (AvgIpc) is 2.44. The van der Waals surface area contributed by atoms with Crippen LogP contribution in [-0.2, 0) is 6.54 Å². The Morgan fingerprint density at radius 2 is 1.95 bits per heavy atom. The monoisotopic (exact) mass is 297 g/mol. The van der Waals surface area contributed by atoms with Crippen LogP contribution in [0.2, 0.25) is 5.02 Å². The molecule has 0 aromatic heterocycles. The second-order valence-electron chi connectivity index (χ2n) is 4.20. The van der Waals surface area contributed by atoms with Crippen LogP contribution in [0.1, 0.15) is 12.5 Å². The second-order valence-corrected chi connectivity index (χ2v) is 4.61. The Hall–Kier alpha value is -1.65. The van der Waals surface area contributed by atoms with E-state index in [1.54, 1.807) is 12.1 Å². The first kappa shape index (κ1) is 14.8. The minimum atomic E-state index is -1.03. The number of nitrogens with one attached hydrogen (secondary N) is 1. The van der Waals surface area contributed by atoms with Crippen molar-refractivity contribution in [3.63, 3.8) is 0 Å². The summed E-state index contributed by atoms with van der Waals surface area (Å²) in [6.45, 7) is 3.54. The quantitative estimate of drug-likeness (QED) is 0.876. The van der Waals surface area contributed by atoms with Crippen LogP contribution in [0.4, 0.5) is 8.78 Å². The predicted molar refractivity (Wildman–Crippen MR) is 75.3 cm³/mol. The second kappa shape index (κ2) is 6.68. The Bertz CT molecular complexity index is 604. The standard InChI is InChI=1S/C15H14ClF2NO/c1-2-19-9-10-6-7-13(11(16)8-10)20-14-5-3-4-12(17)15(14)18/h3-8,19H,2,9H2,1H3. The number of rotatable bonds is 5. The van der Waals surface area contributed by atoms with Gasteiger partial charge in [-0.05, 0) is 36.4 Å². The van der Waals surface area contributed by atoms with Gasteiger partial charge in [-0.1, -0.05) is 30.7 Å². The van der Waals surface area contributed by atoms with Crippen LogP contribution in [0.15, 0.2) is 36.4 Å². The van der Waals surface area contributed by atoms with Crippen LogP contribution >= 0.6 is 11.6 Å². The van der Waals surface area contributed by atoms with Gasteiger partial charge in [0.1, 0.15) is 5.75 Å². The molecule has 2 nitrogen and oxygen atoms in total. The van der Waals surface area contributed by atoms with E-state index in [9.17, 15) is 8.78 Å². The van der Waals surface area contributed by atoms with Crippen molar-refractivity contribution in [3.8, 4) is 11.5 Å². The molecule has 106 valence electrons. The van der Waals surface area contributed by atoms with Gasteiger partial charge in [0.2, 0.25) is 5.82 Å². The highest BCUT2D eigenvalue weighted by molar-refractivity contribution is 6.32. The Labute approximate surface area is 121 Å². The molecule has 0 aliphatic heterocycles. The van der Waals surface area contributed by atoms with Gasteiger partial charge in [-0.2, -0.15) is 4.39 Å². The summed E-state index contributed by atoms with van der Waals surface area (Å²) in [5, 5.41) is 3.52. The fourth-order valence-electron chi connectivity index (χ4n) is 1.69. The summed E-state index contributed by atoms with van der Waals surface area (Å²) in [5.74, 6) is -1.88. The van der Waals surface area contributed by atoms with Crippen LogP contribution < -0.4 is 10.1 Å². The molecule has 0 aliphatic carbocycles. The van der Waals surface area contributed by atoms with Gasteiger partial charge in [-0.15, -0.1) is 0 Å². The van der Waals surface area contributed by atoms with Crippen LogP contribution in [0.5, 0.6) is 11.5 Å². The van der Waals surface area contributed by atoms with Crippen molar-refractivity contribution >= 4 is 11.6 Å². The molecule has 0 fully saturated rings. The summed E-state index contributed by atoms with van der Waals surface area (Å²) in [4.78, 5) is 0. The molecule has 2 rings (SSSR count). The third-order valence-electron chi connectivity index (χ3n) is 2.71. The van der Waals surface area contributed by atoms with Crippen molar-refractivity contribution in [1.29, 1.82) is 0 Å². The molecule has 2 aromatic rings. The van der Waals surface area contributed by atoms with Crippen molar-refractivity contribution in [2.75, 3.05) is 6.54 Å². The highest BCUT2D eigenvalue weighted by atomic mass is 35.5. The fourth-order valence-corrected chi connectivity index (χ4v) is 1.93. The lowest BCUT2D eigenvalue weighted by Gasteiger charge is -2.10. The summed E-state index contributed by atoms with van der Waals surface area (Å²) in [6, 6.07) is 8.95. The molecule has 1 N–H and O–H groups in total. The number of hydrogen-bond donors (Lipinski definition) is 1. The van der Waals surface area contributed by atoms with Gasteiger partial charge < -0.3 is 10.1 Å². The summed E-state index contributed by atoms with van der Waals surface area (Å²) in [5.41, 5.74) is 0.990. The predicted octanol–water partition coefficient (Wildman–Crippen LogP) is 4.52. The number of hydrogen-bond acceptors (Lipinski definition) is 2. The van der Waals surface area contributed by atoms with E-state index in [2.05, 4.69) is 5.32 Å². The van der Waals surface area contributed by atoms with E-state index in [-0.39, 0.29) is 11.5 Å². The smallest absolute Gasteiger partial charge is 0.201 e. The molecule has 0 spiro atoms. The van der Waals surface area contributed by atoms with E-state index in [4.69, 9.17) is 16.3 Å². The molecule has 0 aliphatic rings. The van der Waals surface area contributed by atoms with Crippen LogP contribution in [0, 0.1) is 11.6 Å². The first-order chi connectivity index (χ1) is 9.61. The Balaban J connectivity index is 2.19. The summed E-state index contributed by atoms with van der Waals surface area (Å²) in [7, 11) is 0. The molecule has 0 saturated heterocycles. The molecule has 0 saturated carbocycles. The van der Waals surface area contributed by atoms with Gasteiger partial charge in [0.25, 0.3) is 0 Å². The van der Waals surface area contributed by atoms with Gasteiger partial charge in [0.05, 0.1) is 5.02 Å². The van der Waals surface area contributed by atoms with Crippen molar-refractivity contribution in [1.82, 2.24) is 5.32 Å². The topological polar surface area (TPSA) is 21.3 Å². The molecule has 0 heterocycles. The molecule has 20 heavy (non-hydrogen) atoms. The lowest BCUT2D eigenvalue weighted by molar-refractivity contribution is 0.416. The summed E-state index contributed by atoms with van der Waals surface area (Å²) >= 11 is 6.08. The fraction of sp³-hybridized carbons (Fsp3) is 0.200. The van der Waals surface area contributed by atoms with Crippen LogP contribution in [0.25, 0.3) is 0 Å². The zero-order valence-electron chi connectivity index (χ0n) is 10.9. The van der Waals surface area contributed by atoms with E-state index in [0.717, 1.165) is 18.2 Å². The lowest BCUT2D eigenvalue weighted by atomic mass is 10.2. The molecule has 0 unspecified atom stereocenters. The van der Waals surface area contributed by atoms with Gasteiger partial charge in [0.15, 0.2) is 11.6 Å². The van der Waals surface area contributed by atoms with Crippen molar-refractivity contribution in [3.05, 3.63) is 58.6 Å². The minimum Gasteiger partial charge on any atom is -0.453 e. The Morgan fingerprint density at radius 1 is 1.15 bits per heavy atom. The molecular weight excluding hydrogens is 284 g/mol. The third-order valence-corrected chi connectivity index (χ3v) is 3.01. The van der Waals surface area contributed by atoms with E-state index in [0.29, 0.717) is 11.6 Å². The molecule has 5 heteroatoms.